The second kappa shape index (κ2) is 7.56. The number of hydrogen-bond donors (Lipinski definition) is 4. The van der Waals surface area contributed by atoms with Crippen LogP contribution in [0.1, 0.15) is 6.42 Å². The monoisotopic (exact) mass is 295 g/mol. The van der Waals surface area contributed by atoms with E-state index in [9.17, 15) is 22.8 Å². The Morgan fingerprint density at radius 2 is 1.84 bits per heavy atom. The lowest BCUT2D eigenvalue weighted by atomic mass is 10.2. The zero-order valence-electron chi connectivity index (χ0n) is 10.6. The number of urea groups is 1. The molecule has 0 saturated heterocycles. The molecule has 0 bridgehead atoms. The molecular weight excluding hydrogens is 278 g/mol. The maximum atomic E-state index is 11.3. The Labute approximate surface area is 110 Å². The number of amides is 3. The van der Waals surface area contributed by atoms with Gasteiger partial charge in [0, 0.05) is 13.3 Å². The van der Waals surface area contributed by atoms with E-state index >= 15 is 0 Å². The van der Waals surface area contributed by atoms with Gasteiger partial charge in [-0.1, -0.05) is 0 Å². The van der Waals surface area contributed by atoms with Gasteiger partial charge in [0.25, 0.3) is 0 Å². The summed E-state index contributed by atoms with van der Waals surface area (Å²) in [6.07, 6.45) is 0.721. The summed E-state index contributed by atoms with van der Waals surface area (Å²) in [4.78, 5) is 33.0. The van der Waals surface area contributed by atoms with Crippen LogP contribution in [0.3, 0.4) is 0 Å². The Kier molecular flexibility index (Phi) is 6.83. The normalized spacial score (nSPS) is 12.3. The van der Waals surface area contributed by atoms with E-state index in [2.05, 4.69) is 16.0 Å². The second-order valence-corrected chi connectivity index (χ2v) is 6.07. The van der Waals surface area contributed by atoms with Crippen molar-refractivity contribution in [3.05, 3.63) is 0 Å². The summed E-state index contributed by atoms with van der Waals surface area (Å²) in [5, 5.41) is 15.3. The highest BCUT2D eigenvalue weighted by atomic mass is 32.2. The quantitative estimate of drug-likeness (QED) is 0.424. The van der Waals surface area contributed by atoms with Crippen LogP contribution in [-0.4, -0.2) is 63.1 Å². The molecule has 1 unspecified atom stereocenters. The minimum Gasteiger partial charge on any atom is -0.480 e. The maximum absolute atomic E-state index is 11.3. The molecule has 19 heavy (non-hydrogen) atoms. The molecule has 0 aromatic carbocycles. The smallest absolute Gasteiger partial charge is 0.326 e. The van der Waals surface area contributed by atoms with Gasteiger partial charge in [-0.15, -0.1) is 0 Å². The summed E-state index contributed by atoms with van der Waals surface area (Å²) >= 11 is 0. The summed E-state index contributed by atoms with van der Waals surface area (Å²) in [6.45, 7) is -0.305. The average molecular weight is 295 g/mol. The van der Waals surface area contributed by atoms with Gasteiger partial charge in [0.2, 0.25) is 5.91 Å². The van der Waals surface area contributed by atoms with Gasteiger partial charge in [-0.25, -0.2) is 18.0 Å². The molecule has 4 N–H and O–H groups in total. The fourth-order valence-electron chi connectivity index (χ4n) is 1.05. The van der Waals surface area contributed by atoms with Crippen LogP contribution in [-0.2, 0) is 19.4 Å². The van der Waals surface area contributed by atoms with Gasteiger partial charge in [0.1, 0.15) is 15.9 Å². The molecule has 0 heterocycles. The molecule has 0 saturated carbocycles. The average Bonchev–Trinajstić information content (AvgIpc) is 2.29. The number of sulfone groups is 1. The third-order valence-electron chi connectivity index (χ3n) is 2.07. The Hall–Kier alpha value is -1.84. The number of likely N-dealkylation sites (N-methyl/N-ethyl adjacent to an activating group) is 1. The maximum Gasteiger partial charge on any atom is 0.326 e. The second-order valence-electron chi connectivity index (χ2n) is 3.81. The highest BCUT2D eigenvalue weighted by Crippen LogP contribution is 1.97. The van der Waals surface area contributed by atoms with E-state index in [1.165, 1.54) is 7.05 Å². The number of carboxylic acids is 1. The fraction of sp³-hybridized carbons (Fsp3) is 0.667. The molecule has 0 aromatic rings. The predicted molar refractivity (Wildman–Crippen MR) is 66.4 cm³/mol. The molecule has 0 fully saturated rings. The van der Waals surface area contributed by atoms with E-state index in [-0.39, 0.29) is 18.7 Å². The third-order valence-corrected chi connectivity index (χ3v) is 3.05. The van der Waals surface area contributed by atoms with Crippen molar-refractivity contribution in [1.29, 1.82) is 0 Å². The van der Waals surface area contributed by atoms with Crippen LogP contribution in [0.4, 0.5) is 4.79 Å². The minimum atomic E-state index is -3.32. The number of carboxylic acid groups (broad SMARTS) is 1. The number of carbonyl (C=O) groups is 3. The zero-order chi connectivity index (χ0) is 15.1. The molecule has 110 valence electrons. The van der Waals surface area contributed by atoms with Crippen LogP contribution in [0.5, 0.6) is 0 Å². The van der Waals surface area contributed by atoms with Gasteiger partial charge in [0.05, 0.1) is 12.3 Å². The van der Waals surface area contributed by atoms with E-state index in [0.717, 1.165) is 6.26 Å². The summed E-state index contributed by atoms with van der Waals surface area (Å²) in [5.41, 5.74) is 0. The molecule has 0 aromatic heterocycles. The molecular formula is C9H17N3O6S. The van der Waals surface area contributed by atoms with Crippen molar-refractivity contribution < 1.29 is 27.9 Å². The standard InChI is InChI=1S/C9H17N3O6S/c1-10-7(13)5-11-9(16)12-6(8(14)15)3-4-19(2,17)18/h6H,3-5H2,1-2H3,(H,10,13)(H,14,15)(H2,11,12,16). The van der Waals surface area contributed by atoms with E-state index in [4.69, 9.17) is 5.11 Å². The molecule has 1 atom stereocenters. The fourth-order valence-corrected chi connectivity index (χ4v) is 1.71. The van der Waals surface area contributed by atoms with Crippen molar-refractivity contribution >= 4 is 27.7 Å². The van der Waals surface area contributed by atoms with E-state index in [0.29, 0.717) is 0 Å². The molecule has 0 spiro atoms. The van der Waals surface area contributed by atoms with Crippen molar-refractivity contribution in [2.24, 2.45) is 0 Å². The van der Waals surface area contributed by atoms with Crippen molar-refractivity contribution in [2.45, 2.75) is 12.5 Å². The van der Waals surface area contributed by atoms with Gasteiger partial charge in [0.15, 0.2) is 0 Å². The van der Waals surface area contributed by atoms with Crippen LogP contribution in [0.25, 0.3) is 0 Å². The number of hydrogen-bond acceptors (Lipinski definition) is 5. The SMILES string of the molecule is CNC(=O)CNC(=O)NC(CCS(C)(=O)=O)C(=O)O. The first-order valence-electron chi connectivity index (χ1n) is 5.31. The topological polar surface area (TPSA) is 142 Å². The van der Waals surface area contributed by atoms with Crippen LogP contribution in [0, 0.1) is 0 Å². The predicted octanol–water partition coefficient (Wildman–Crippen LogP) is -2.08. The zero-order valence-corrected chi connectivity index (χ0v) is 11.4. The van der Waals surface area contributed by atoms with Gasteiger partial charge >= 0.3 is 12.0 Å². The Morgan fingerprint density at radius 1 is 1.26 bits per heavy atom. The lowest BCUT2D eigenvalue weighted by Gasteiger charge is -2.14. The third kappa shape index (κ3) is 8.83. The van der Waals surface area contributed by atoms with Gasteiger partial charge in [-0.05, 0) is 6.42 Å². The molecule has 10 heteroatoms. The van der Waals surface area contributed by atoms with Gasteiger partial charge < -0.3 is 21.1 Å². The number of rotatable bonds is 7. The summed E-state index contributed by atoms with van der Waals surface area (Å²) in [5.74, 6) is -2.16. The largest absolute Gasteiger partial charge is 0.480 e. The van der Waals surface area contributed by atoms with Crippen molar-refractivity contribution in [1.82, 2.24) is 16.0 Å². The van der Waals surface area contributed by atoms with E-state index < -0.39 is 33.8 Å². The van der Waals surface area contributed by atoms with Gasteiger partial charge in [-0.3, -0.25) is 4.79 Å². The molecule has 3 amide bonds. The summed E-state index contributed by atoms with van der Waals surface area (Å²) < 4.78 is 21.8. The molecule has 0 aliphatic rings. The number of aliphatic carboxylic acids is 1. The molecule has 0 radical (unpaired) electrons. The van der Waals surface area contributed by atoms with E-state index in [1.807, 2.05) is 0 Å². The lowest BCUT2D eigenvalue weighted by Crippen LogP contribution is -2.48. The molecule has 9 nitrogen and oxygen atoms in total. The molecule has 0 rings (SSSR count). The van der Waals surface area contributed by atoms with Gasteiger partial charge in [-0.2, -0.15) is 0 Å². The lowest BCUT2D eigenvalue weighted by molar-refractivity contribution is -0.139. The highest BCUT2D eigenvalue weighted by Gasteiger charge is 2.21. The molecule has 0 aliphatic carbocycles. The number of carbonyl (C=O) groups excluding carboxylic acids is 2. The highest BCUT2D eigenvalue weighted by molar-refractivity contribution is 7.90. The van der Waals surface area contributed by atoms with Crippen molar-refractivity contribution in [3.8, 4) is 0 Å². The Bertz CT molecular complexity index is 447. The van der Waals surface area contributed by atoms with Crippen LogP contribution in [0.15, 0.2) is 0 Å². The number of nitrogens with one attached hydrogen (secondary N) is 3. The van der Waals surface area contributed by atoms with Crippen molar-refractivity contribution in [2.75, 3.05) is 25.6 Å². The minimum absolute atomic E-state index is 0.248. The Balaban J connectivity index is 4.31. The Morgan fingerprint density at radius 3 is 2.26 bits per heavy atom. The van der Waals surface area contributed by atoms with Crippen LogP contribution >= 0.6 is 0 Å². The summed E-state index contributed by atoms with van der Waals surface area (Å²) in [6, 6.07) is -2.19. The first-order valence-corrected chi connectivity index (χ1v) is 7.37. The summed E-state index contributed by atoms with van der Waals surface area (Å²) in [7, 11) is -1.93. The first-order chi connectivity index (χ1) is 8.65. The molecule has 0 aliphatic heterocycles. The van der Waals surface area contributed by atoms with Crippen LogP contribution < -0.4 is 16.0 Å². The van der Waals surface area contributed by atoms with Crippen LogP contribution in [0.2, 0.25) is 0 Å². The van der Waals surface area contributed by atoms with Crippen molar-refractivity contribution in [3.63, 3.8) is 0 Å². The first kappa shape index (κ1) is 17.2. The van der Waals surface area contributed by atoms with E-state index in [1.54, 1.807) is 0 Å².